The first-order chi connectivity index (χ1) is 16.4. The SMILES string of the molecule is CC(C)(C)c1nnc(NC(=O)C(=NO)c2ccc(OCCN3CCOCC3)c3ccccc23)s1. The molecule has 1 aliphatic heterocycles. The Balaban J connectivity index is 1.52. The molecule has 0 aliphatic carbocycles. The minimum atomic E-state index is -0.565. The number of anilines is 1. The Kier molecular flexibility index (Phi) is 7.40. The minimum Gasteiger partial charge on any atom is -0.492 e. The van der Waals surface area contributed by atoms with Crippen molar-refractivity contribution in [2.45, 2.75) is 26.2 Å². The zero-order valence-corrected chi connectivity index (χ0v) is 20.4. The Hall–Kier alpha value is -3.08. The van der Waals surface area contributed by atoms with Gasteiger partial charge in [0, 0.05) is 36.0 Å². The summed E-state index contributed by atoms with van der Waals surface area (Å²) in [7, 11) is 0. The predicted molar refractivity (Wildman–Crippen MR) is 132 cm³/mol. The molecular formula is C24H29N5O4S. The third-order valence-electron chi connectivity index (χ3n) is 5.51. The summed E-state index contributed by atoms with van der Waals surface area (Å²) in [6, 6.07) is 11.1. The smallest absolute Gasteiger partial charge is 0.280 e. The normalized spacial score (nSPS) is 15.4. The maximum atomic E-state index is 13.0. The number of nitrogens with zero attached hydrogens (tertiary/aromatic N) is 4. The molecule has 1 saturated heterocycles. The van der Waals surface area contributed by atoms with Gasteiger partial charge < -0.3 is 14.7 Å². The van der Waals surface area contributed by atoms with E-state index < -0.39 is 5.91 Å². The van der Waals surface area contributed by atoms with Crippen molar-refractivity contribution in [1.29, 1.82) is 0 Å². The highest BCUT2D eigenvalue weighted by Crippen LogP contribution is 2.30. The van der Waals surface area contributed by atoms with Crippen LogP contribution < -0.4 is 10.1 Å². The summed E-state index contributed by atoms with van der Waals surface area (Å²) in [5.41, 5.74) is 0.211. The summed E-state index contributed by atoms with van der Waals surface area (Å²) < 4.78 is 11.5. The number of oxime groups is 1. The van der Waals surface area contributed by atoms with E-state index in [0.29, 0.717) is 23.1 Å². The van der Waals surface area contributed by atoms with Gasteiger partial charge in [0.05, 0.1) is 13.2 Å². The van der Waals surface area contributed by atoms with Gasteiger partial charge >= 0.3 is 0 Å². The quantitative estimate of drug-likeness (QED) is 0.301. The van der Waals surface area contributed by atoms with Crippen molar-refractivity contribution in [1.82, 2.24) is 15.1 Å². The highest BCUT2D eigenvalue weighted by atomic mass is 32.1. The van der Waals surface area contributed by atoms with Crippen molar-refractivity contribution in [3.8, 4) is 5.75 Å². The second-order valence-electron chi connectivity index (χ2n) is 9.02. The zero-order valence-electron chi connectivity index (χ0n) is 19.6. The number of nitrogens with one attached hydrogen (secondary N) is 1. The average molecular weight is 484 g/mol. The van der Waals surface area contributed by atoms with Gasteiger partial charge in [0.1, 0.15) is 17.4 Å². The van der Waals surface area contributed by atoms with Crippen molar-refractivity contribution in [3.05, 3.63) is 47.0 Å². The van der Waals surface area contributed by atoms with Crippen molar-refractivity contribution in [2.75, 3.05) is 44.8 Å². The average Bonchev–Trinajstić information content (AvgIpc) is 3.30. The number of carbonyl (C=O) groups excluding carboxylic acids is 1. The number of carbonyl (C=O) groups is 1. The van der Waals surface area contributed by atoms with Crippen LogP contribution in [0.15, 0.2) is 41.6 Å². The fraction of sp³-hybridized carbons (Fsp3) is 0.417. The van der Waals surface area contributed by atoms with Gasteiger partial charge in [0.2, 0.25) is 5.13 Å². The molecule has 9 nitrogen and oxygen atoms in total. The molecule has 2 N–H and O–H groups in total. The first-order valence-electron chi connectivity index (χ1n) is 11.2. The number of hydrogen-bond donors (Lipinski definition) is 2. The van der Waals surface area contributed by atoms with Crippen LogP contribution in [0.3, 0.4) is 0 Å². The molecule has 2 heterocycles. The maximum absolute atomic E-state index is 13.0. The number of fused-ring (bicyclic) bond motifs is 1. The standard InChI is InChI=1S/C24H29N5O4S/c1-24(2,3)22-26-27-23(34-22)25-21(30)20(28-31)18-8-9-19(17-7-5-4-6-16(17)18)33-15-12-29-10-13-32-14-11-29/h4-9,31H,10-15H2,1-3H3,(H,25,27,30). The summed E-state index contributed by atoms with van der Waals surface area (Å²) >= 11 is 1.30. The number of morpholine rings is 1. The third-order valence-corrected chi connectivity index (χ3v) is 6.77. The zero-order chi connectivity index (χ0) is 24.1. The van der Waals surface area contributed by atoms with E-state index in [1.54, 1.807) is 12.1 Å². The predicted octanol–water partition coefficient (Wildman–Crippen LogP) is 3.52. The monoisotopic (exact) mass is 483 g/mol. The van der Waals surface area contributed by atoms with Gasteiger partial charge in [-0.1, -0.05) is 61.5 Å². The molecular weight excluding hydrogens is 454 g/mol. The van der Waals surface area contributed by atoms with E-state index in [-0.39, 0.29) is 11.1 Å². The lowest BCUT2D eigenvalue weighted by Gasteiger charge is -2.26. The number of hydrogen-bond acceptors (Lipinski definition) is 9. The lowest BCUT2D eigenvalue weighted by atomic mass is 9.98. The van der Waals surface area contributed by atoms with Gasteiger partial charge in [0.15, 0.2) is 5.71 Å². The Morgan fingerprint density at radius 3 is 2.59 bits per heavy atom. The summed E-state index contributed by atoms with van der Waals surface area (Å²) in [5.74, 6) is 0.148. The van der Waals surface area contributed by atoms with Crippen LogP contribution in [0.4, 0.5) is 5.13 Å². The van der Waals surface area contributed by atoms with Crippen LogP contribution >= 0.6 is 11.3 Å². The van der Waals surface area contributed by atoms with E-state index in [1.165, 1.54) is 11.3 Å². The number of ether oxygens (including phenoxy) is 2. The van der Waals surface area contributed by atoms with E-state index in [4.69, 9.17) is 9.47 Å². The van der Waals surface area contributed by atoms with Crippen LogP contribution in [0, 0.1) is 0 Å². The van der Waals surface area contributed by atoms with Gasteiger partial charge in [-0.15, -0.1) is 10.2 Å². The minimum absolute atomic E-state index is 0.108. The number of benzene rings is 2. The Morgan fingerprint density at radius 1 is 1.18 bits per heavy atom. The number of rotatable bonds is 7. The van der Waals surface area contributed by atoms with E-state index >= 15 is 0 Å². The van der Waals surface area contributed by atoms with Crippen molar-refractivity contribution in [2.24, 2.45) is 5.16 Å². The highest BCUT2D eigenvalue weighted by molar-refractivity contribution is 7.15. The molecule has 1 aromatic heterocycles. The van der Waals surface area contributed by atoms with E-state index in [1.807, 2.05) is 45.0 Å². The lowest BCUT2D eigenvalue weighted by Crippen LogP contribution is -2.38. The second-order valence-corrected chi connectivity index (χ2v) is 10.0. The molecule has 0 saturated carbocycles. The van der Waals surface area contributed by atoms with Crippen molar-refractivity contribution < 1.29 is 19.5 Å². The molecule has 1 aliphatic rings. The van der Waals surface area contributed by atoms with Gasteiger partial charge in [-0.2, -0.15) is 0 Å². The largest absolute Gasteiger partial charge is 0.492 e. The van der Waals surface area contributed by atoms with Gasteiger partial charge in [-0.3, -0.25) is 15.0 Å². The molecule has 34 heavy (non-hydrogen) atoms. The molecule has 3 aromatic rings. The van der Waals surface area contributed by atoms with Crippen LogP contribution in [-0.2, 0) is 14.9 Å². The first kappa shape index (κ1) is 24.1. The number of amides is 1. The second kappa shape index (κ2) is 10.5. The fourth-order valence-electron chi connectivity index (χ4n) is 3.67. The van der Waals surface area contributed by atoms with E-state index in [2.05, 4.69) is 25.6 Å². The van der Waals surface area contributed by atoms with Crippen LogP contribution in [0.25, 0.3) is 10.8 Å². The van der Waals surface area contributed by atoms with Crippen molar-refractivity contribution >= 4 is 38.9 Å². The molecule has 180 valence electrons. The first-order valence-corrected chi connectivity index (χ1v) is 12.0. The summed E-state index contributed by atoms with van der Waals surface area (Å²) in [6.07, 6.45) is 0. The lowest BCUT2D eigenvalue weighted by molar-refractivity contribution is -0.110. The summed E-state index contributed by atoms with van der Waals surface area (Å²) in [5, 5.41) is 26.7. The molecule has 0 atom stereocenters. The Bertz CT molecular complexity index is 1180. The van der Waals surface area contributed by atoms with E-state index in [0.717, 1.165) is 48.6 Å². The van der Waals surface area contributed by atoms with Crippen LogP contribution in [0.5, 0.6) is 5.75 Å². The molecule has 2 aromatic carbocycles. The van der Waals surface area contributed by atoms with Crippen LogP contribution in [-0.4, -0.2) is 71.4 Å². The Morgan fingerprint density at radius 2 is 1.91 bits per heavy atom. The topological polar surface area (TPSA) is 109 Å². The summed E-state index contributed by atoms with van der Waals surface area (Å²) in [4.78, 5) is 15.3. The molecule has 1 amide bonds. The van der Waals surface area contributed by atoms with Gasteiger partial charge in [0.25, 0.3) is 5.91 Å². The van der Waals surface area contributed by atoms with Crippen LogP contribution in [0.2, 0.25) is 0 Å². The van der Waals surface area contributed by atoms with Gasteiger partial charge in [-0.05, 0) is 17.5 Å². The molecule has 10 heteroatoms. The molecule has 1 fully saturated rings. The van der Waals surface area contributed by atoms with Gasteiger partial charge in [-0.25, -0.2) is 0 Å². The molecule has 0 spiro atoms. The summed E-state index contributed by atoms with van der Waals surface area (Å²) in [6.45, 7) is 10.7. The molecule has 4 rings (SSSR count). The molecule has 0 bridgehead atoms. The van der Waals surface area contributed by atoms with Crippen molar-refractivity contribution in [3.63, 3.8) is 0 Å². The highest BCUT2D eigenvalue weighted by Gasteiger charge is 2.23. The maximum Gasteiger partial charge on any atom is 0.280 e. The van der Waals surface area contributed by atoms with Crippen LogP contribution in [0.1, 0.15) is 31.3 Å². The third kappa shape index (κ3) is 5.52. The van der Waals surface area contributed by atoms with E-state index in [9.17, 15) is 10.0 Å². The Labute approximate surface area is 202 Å². The number of aromatic nitrogens is 2. The fourth-order valence-corrected chi connectivity index (χ4v) is 4.46. The molecule has 0 unspecified atom stereocenters. The molecule has 0 radical (unpaired) electrons.